The fourth-order valence-electron chi connectivity index (χ4n) is 1.04. The Morgan fingerprint density at radius 2 is 1.67 bits per heavy atom. The molecule has 12 heavy (non-hydrogen) atoms. The van der Waals surface area contributed by atoms with Crippen molar-refractivity contribution in [3.8, 4) is 0 Å². The molecule has 0 atom stereocenters. The molecule has 4 heteroatoms. The van der Waals surface area contributed by atoms with Gasteiger partial charge in [-0.2, -0.15) is 11.8 Å². The summed E-state index contributed by atoms with van der Waals surface area (Å²) in [6.07, 6.45) is 0. The van der Waals surface area contributed by atoms with Crippen molar-refractivity contribution in [1.82, 2.24) is 4.90 Å². The molecule has 0 bridgehead atoms. The predicted molar refractivity (Wildman–Crippen MR) is 57.5 cm³/mol. The van der Waals surface area contributed by atoms with E-state index in [1.54, 1.807) is 0 Å². The highest BCUT2D eigenvalue weighted by Crippen LogP contribution is 1.98. The van der Waals surface area contributed by atoms with Gasteiger partial charge >= 0.3 is 0 Å². The van der Waals surface area contributed by atoms with E-state index in [0.29, 0.717) is 0 Å². The lowest BCUT2D eigenvalue weighted by Gasteiger charge is -2.19. The average Bonchev–Trinajstić information content (AvgIpc) is 2.06. The van der Waals surface area contributed by atoms with Crippen molar-refractivity contribution in [2.45, 2.75) is 6.92 Å². The number of thioether (sulfide) groups is 1. The zero-order valence-electron chi connectivity index (χ0n) is 7.96. The maximum atomic E-state index is 5.47. The lowest BCUT2D eigenvalue weighted by Crippen LogP contribution is -2.35. The van der Waals surface area contributed by atoms with Gasteiger partial charge in [-0.3, -0.25) is 0 Å². The summed E-state index contributed by atoms with van der Waals surface area (Å²) in [5.41, 5.74) is 10.9. The lowest BCUT2D eigenvalue weighted by molar-refractivity contribution is 0.307. The zero-order valence-corrected chi connectivity index (χ0v) is 8.78. The Bertz CT molecular complexity index is 84.4. The van der Waals surface area contributed by atoms with Crippen molar-refractivity contribution in [2.24, 2.45) is 11.5 Å². The van der Waals surface area contributed by atoms with Gasteiger partial charge in [0.1, 0.15) is 0 Å². The minimum atomic E-state index is 0.733. The van der Waals surface area contributed by atoms with Crippen LogP contribution < -0.4 is 11.5 Å². The average molecular weight is 191 g/mol. The Hall–Kier alpha value is 0.230. The highest BCUT2D eigenvalue weighted by atomic mass is 32.2. The summed E-state index contributed by atoms with van der Waals surface area (Å²) < 4.78 is 0. The minimum Gasteiger partial charge on any atom is -0.329 e. The van der Waals surface area contributed by atoms with Crippen LogP contribution in [0.1, 0.15) is 6.92 Å². The van der Waals surface area contributed by atoms with Crippen molar-refractivity contribution < 1.29 is 0 Å². The number of nitrogens with two attached hydrogens (primary N) is 2. The van der Waals surface area contributed by atoms with Gasteiger partial charge in [0, 0.05) is 38.5 Å². The van der Waals surface area contributed by atoms with Crippen LogP contribution in [0.25, 0.3) is 0 Å². The summed E-state index contributed by atoms with van der Waals surface area (Å²) in [4.78, 5) is 2.32. The molecule has 74 valence electrons. The maximum Gasteiger partial charge on any atom is 0.0105 e. The first kappa shape index (κ1) is 12.2. The van der Waals surface area contributed by atoms with Crippen LogP contribution in [0.4, 0.5) is 0 Å². The van der Waals surface area contributed by atoms with Crippen LogP contribution in [-0.4, -0.2) is 49.1 Å². The molecule has 0 heterocycles. The van der Waals surface area contributed by atoms with Crippen molar-refractivity contribution in [3.63, 3.8) is 0 Å². The summed E-state index contributed by atoms with van der Waals surface area (Å²) >= 11 is 1.96. The van der Waals surface area contributed by atoms with E-state index in [1.807, 2.05) is 11.8 Å². The molecule has 0 saturated heterocycles. The van der Waals surface area contributed by atoms with Crippen molar-refractivity contribution in [2.75, 3.05) is 44.2 Å². The standard InChI is InChI=1S/C8H21N3S/c1-2-12-8-7-11(5-3-9)6-4-10/h2-10H2,1H3. The molecule has 0 fully saturated rings. The first-order chi connectivity index (χ1) is 5.85. The molecule has 0 aliphatic carbocycles. The molecule has 3 nitrogen and oxygen atoms in total. The Labute approximate surface area is 79.9 Å². The van der Waals surface area contributed by atoms with E-state index in [9.17, 15) is 0 Å². The van der Waals surface area contributed by atoms with E-state index < -0.39 is 0 Å². The molecular formula is C8H21N3S. The fraction of sp³-hybridized carbons (Fsp3) is 1.00. The van der Waals surface area contributed by atoms with Gasteiger partial charge in [0.2, 0.25) is 0 Å². The zero-order chi connectivity index (χ0) is 9.23. The second-order valence-electron chi connectivity index (χ2n) is 2.62. The van der Waals surface area contributed by atoms with Crippen LogP contribution in [-0.2, 0) is 0 Å². The van der Waals surface area contributed by atoms with Gasteiger partial charge < -0.3 is 16.4 Å². The highest BCUT2D eigenvalue weighted by molar-refractivity contribution is 7.99. The fourth-order valence-corrected chi connectivity index (χ4v) is 1.71. The molecule has 0 aromatic rings. The summed E-state index contributed by atoms with van der Waals surface area (Å²) in [7, 11) is 0. The summed E-state index contributed by atoms with van der Waals surface area (Å²) in [5, 5.41) is 0. The molecule has 0 rings (SSSR count). The van der Waals surface area contributed by atoms with E-state index in [1.165, 1.54) is 11.5 Å². The van der Waals surface area contributed by atoms with Gasteiger partial charge in [-0.15, -0.1) is 0 Å². The third-order valence-electron chi connectivity index (χ3n) is 1.65. The lowest BCUT2D eigenvalue weighted by atomic mass is 10.4. The Morgan fingerprint density at radius 3 is 2.08 bits per heavy atom. The van der Waals surface area contributed by atoms with Crippen molar-refractivity contribution in [3.05, 3.63) is 0 Å². The molecule has 0 saturated carbocycles. The number of nitrogens with zero attached hydrogens (tertiary/aromatic N) is 1. The second-order valence-corrected chi connectivity index (χ2v) is 4.01. The minimum absolute atomic E-state index is 0.733. The Morgan fingerprint density at radius 1 is 1.08 bits per heavy atom. The molecule has 0 unspecified atom stereocenters. The Balaban J connectivity index is 3.34. The second kappa shape index (κ2) is 9.32. The number of hydrogen-bond donors (Lipinski definition) is 2. The topological polar surface area (TPSA) is 55.3 Å². The third kappa shape index (κ3) is 6.91. The van der Waals surface area contributed by atoms with Gasteiger partial charge in [0.25, 0.3) is 0 Å². The van der Waals surface area contributed by atoms with Crippen LogP contribution >= 0.6 is 11.8 Å². The quantitative estimate of drug-likeness (QED) is 0.529. The normalized spacial score (nSPS) is 11.0. The van der Waals surface area contributed by atoms with Crippen LogP contribution in [0, 0.1) is 0 Å². The number of rotatable bonds is 8. The van der Waals surface area contributed by atoms with Crippen LogP contribution in [0.5, 0.6) is 0 Å². The van der Waals surface area contributed by atoms with E-state index in [2.05, 4.69) is 11.8 Å². The molecule has 0 aliphatic heterocycles. The van der Waals surface area contributed by atoms with Gasteiger partial charge in [0.15, 0.2) is 0 Å². The van der Waals surface area contributed by atoms with E-state index in [-0.39, 0.29) is 0 Å². The maximum absolute atomic E-state index is 5.47. The molecule has 0 aromatic carbocycles. The largest absolute Gasteiger partial charge is 0.329 e. The van der Waals surface area contributed by atoms with E-state index in [4.69, 9.17) is 11.5 Å². The van der Waals surface area contributed by atoms with Crippen molar-refractivity contribution >= 4 is 11.8 Å². The monoisotopic (exact) mass is 191 g/mol. The van der Waals surface area contributed by atoms with Crippen molar-refractivity contribution in [1.29, 1.82) is 0 Å². The highest BCUT2D eigenvalue weighted by Gasteiger charge is 2.00. The predicted octanol–water partition coefficient (Wildman–Crippen LogP) is -0.0411. The summed E-state index contributed by atoms with van der Waals surface area (Å²) in [5.74, 6) is 2.38. The molecule has 0 spiro atoms. The smallest absolute Gasteiger partial charge is 0.0105 e. The van der Waals surface area contributed by atoms with Gasteiger partial charge in [-0.1, -0.05) is 6.92 Å². The molecule has 0 aliphatic rings. The summed E-state index contributed by atoms with van der Waals surface area (Å²) in [6.45, 7) is 6.71. The van der Waals surface area contributed by atoms with Gasteiger partial charge in [0.05, 0.1) is 0 Å². The van der Waals surface area contributed by atoms with Gasteiger partial charge in [-0.05, 0) is 5.75 Å². The van der Waals surface area contributed by atoms with Crippen LogP contribution in [0.2, 0.25) is 0 Å². The van der Waals surface area contributed by atoms with Crippen LogP contribution in [0.15, 0.2) is 0 Å². The third-order valence-corrected chi connectivity index (χ3v) is 2.53. The van der Waals surface area contributed by atoms with Gasteiger partial charge in [-0.25, -0.2) is 0 Å². The molecule has 0 radical (unpaired) electrons. The molecular weight excluding hydrogens is 170 g/mol. The number of hydrogen-bond acceptors (Lipinski definition) is 4. The van der Waals surface area contributed by atoms with E-state index in [0.717, 1.165) is 32.7 Å². The first-order valence-corrected chi connectivity index (χ1v) is 5.70. The Kier molecular flexibility index (Phi) is 9.50. The summed E-state index contributed by atoms with van der Waals surface area (Å²) in [6, 6.07) is 0. The molecule has 0 amide bonds. The molecule has 4 N–H and O–H groups in total. The van der Waals surface area contributed by atoms with E-state index >= 15 is 0 Å². The van der Waals surface area contributed by atoms with Crippen LogP contribution in [0.3, 0.4) is 0 Å². The first-order valence-electron chi connectivity index (χ1n) is 4.55. The SMILES string of the molecule is CCSCCN(CCN)CCN. The molecule has 0 aromatic heterocycles.